The van der Waals surface area contributed by atoms with Crippen molar-refractivity contribution in [1.29, 1.82) is 0 Å². The van der Waals surface area contributed by atoms with Crippen molar-refractivity contribution >= 4 is 16.7 Å². The van der Waals surface area contributed by atoms with E-state index in [2.05, 4.69) is 10.2 Å². The zero-order valence-corrected chi connectivity index (χ0v) is 12.5. The highest BCUT2D eigenvalue weighted by Crippen LogP contribution is 2.19. The van der Waals surface area contributed by atoms with E-state index >= 15 is 0 Å². The molecule has 1 aromatic carbocycles. The second-order valence-corrected chi connectivity index (χ2v) is 5.39. The number of carbonyl (C=O) groups is 1. The van der Waals surface area contributed by atoms with Gasteiger partial charge in [-0.05, 0) is 25.8 Å². The molecule has 0 bridgehead atoms. The van der Waals surface area contributed by atoms with Crippen LogP contribution < -0.4 is 5.56 Å². The molecule has 22 heavy (non-hydrogen) atoms. The van der Waals surface area contributed by atoms with Gasteiger partial charge in [0.15, 0.2) is 5.69 Å². The maximum atomic E-state index is 12.7. The Kier molecular flexibility index (Phi) is 4.20. The van der Waals surface area contributed by atoms with E-state index in [1.165, 1.54) is 0 Å². The lowest BCUT2D eigenvalue weighted by Crippen LogP contribution is -2.41. The molecule has 1 aliphatic heterocycles. The number of ether oxygens (including phenoxy) is 1. The Balaban J connectivity index is 1.85. The summed E-state index contributed by atoms with van der Waals surface area (Å²) in [6.07, 6.45) is 1.90. The minimum absolute atomic E-state index is 0.137. The van der Waals surface area contributed by atoms with Crippen molar-refractivity contribution < 1.29 is 9.53 Å². The highest BCUT2D eigenvalue weighted by molar-refractivity contribution is 6.04. The van der Waals surface area contributed by atoms with Gasteiger partial charge in [0.2, 0.25) is 0 Å². The number of amides is 1. The van der Waals surface area contributed by atoms with Crippen LogP contribution in [0.25, 0.3) is 10.8 Å². The third-order valence-electron chi connectivity index (χ3n) is 4.03. The lowest BCUT2D eigenvalue weighted by molar-refractivity contribution is 0.0144. The molecule has 3 rings (SSSR count). The number of aromatic amines is 1. The second kappa shape index (κ2) is 6.27. The summed E-state index contributed by atoms with van der Waals surface area (Å²) in [5, 5.41) is 7.48. The molecule has 6 nitrogen and oxygen atoms in total. The normalized spacial score (nSPS) is 16.1. The molecule has 1 saturated heterocycles. The Hall–Kier alpha value is -2.21. The predicted molar refractivity (Wildman–Crippen MR) is 82.9 cm³/mol. The summed E-state index contributed by atoms with van der Waals surface area (Å²) in [5.41, 5.74) is 0.0345. The minimum Gasteiger partial charge on any atom is -0.378 e. The topological polar surface area (TPSA) is 75.3 Å². The molecule has 1 aromatic heterocycles. The molecule has 0 saturated carbocycles. The summed E-state index contributed by atoms with van der Waals surface area (Å²) in [4.78, 5) is 26.3. The van der Waals surface area contributed by atoms with Crippen LogP contribution in [0.4, 0.5) is 0 Å². The van der Waals surface area contributed by atoms with Crippen molar-refractivity contribution in [1.82, 2.24) is 15.1 Å². The van der Waals surface area contributed by atoms with Gasteiger partial charge in [-0.3, -0.25) is 9.59 Å². The van der Waals surface area contributed by atoms with Gasteiger partial charge in [-0.2, -0.15) is 5.10 Å². The Morgan fingerprint density at radius 1 is 1.32 bits per heavy atom. The van der Waals surface area contributed by atoms with Crippen molar-refractivity contribution in [2.24, 2.45) is 0 Å². The first-order valence-corrected chi connectivity index (χ1v) is 7.59. The first-order chi connectivity index (χ1) is 10.7. The van der Waals surface area contributed by atoms with Crippen LogP contribution >= 0.6 is 0 Å². The Bertz CT molecular complexity index is 733. The zero-order valence-electron chi connectivity index (χ0n) is 12.5. The lowest BCUT2D eigenvalue weighted by atomic mass is 10.1. The Labute approximate surface area is 128 Å². The van der Waals surface area contributed by atoms with Crippen molar-refractivity contribution in [3.63, 3.8) is 0 Å². The number of aromatic nitrogens is 2. The molecule has 0 atom stereocenters. The molecule has 1 N–H and O–H groups in total. The van der Waals surface area contributed by atoms with Crippen LogP contribution in [0, 0.1) is 0 Å². The van der Waals surface area contributed by atoms with E-state index in [4.69, 9.17) is 4.74 Å². The number of H-pyrrole nitrogens is 1. The van der Waals surface area contributed by atoms with Gasteiger partial charge in [0.1, 0.15) is 0 Å². The number of fused-ring (bicyclic) bond motifs is 1. The van der Waals surface area contributed by atoms with Crippen LogP contribution in [0.15, 0.2) is 29.1 Å². The van der Waals surface area contributed by atoms with Gasteiger partial charge in [0.05, 0.1) is 11.5 Å². The van der Waals surface area contributed by atoms with Gasteiger partial charge < -0.3 is 9.64 Å². The van der Waals surface area contributed by atoms with Gasteiger partial charge in [0, 0.05) is 25.1 Å². The molecule has 0 spiro atoms. The molecule has 0 unspecified atom stereocenters. The van der Waals surface area contributed by atoms with E-state index in [0.717, 1.165) is 12.8 Å². The number of benzene rings is 1. The second-order valence-electron chi connectivity index (χ2n) is 5.39. The highest BCUT2D eigenvalue weighted by Gasteiger charge is 2.26. The zero-order chi connectivity index (χ0) is 15.5. The Morgan fingerprint density at radius 2 is 2.00 bits per heavy atom. The number of piperidine rings is 1. The molecule has 1 amide bonds. The number of nitrogens with zero attached hydrogens (tertiary/aromatic N) is 2. The van der Waals surface area contributed by atoms with Crippen molar-refractivity contribution in [3.8, 4) is 0 Å². The van der Waals surface area contributed by atoms with E-state index < -0.39 is 0 Å². The van der Waals surface area contributed by atoms with Crippen molar-refractivity contribution in [2.45, 2.75) is 25.9 Å². The van der Waals surface area contributed by atoms with Gasteiger partial charge in [-0.1, -0.05) is 18.2 Å². The molecule has 116 valence electrons. The summed E-state index contributed by atoms with van der Waals surface area (Å²) in [6, 6.07) is 7.05. The first-order valence-electron chi connectivity index (χ1n) is 7.59. The van der Waals surface area contributed by atoms with E-state index in [9.17, 15) is 9.59 Å². The number of likely N-dealkylation sites (tertiary alicyclic amines) is 1. The average Bonchev–Trinajstić information content (AvgIpc) is 2.56. The summed E-state index contributed by atoms with van der Waals surface area (Å²) in [6.45, 7) is 3.98. The molecule has 0 radical (unpaired) electrons. The summed E-state index contributed by atoms with van der Waals surface area (Å²) >= 11 is 0. The number of hydrogen-bond donors (Lipinski definition) is 1. The summed E-state index contributed by atoms with van der Waals surface area (Å²) in [7, 11) is 0. The molecule has 1 aliphatic rings. The summed E-state index contributed by atoms with van der Waals surface area (Å²) < 4.78 is 5.60. The smallest absolute Gasteiger partial charge is 0.274 e. The lowest BCUT2D eigenvalue weighted by Gasteiger charge is -2.31. The average molecular weight is 301 g/mol. The Morgan fingerprint density at radius 3 is 2.68 bits per heavy atom. The highest BCUT2D eigenvalue weighted by atomic mass is 16.5. The van der Waals surface area contributed by atoms with Crippen LogP contribution in [0.2, 0.25) is 0 Å². The molecular formula is C16H19N3O3. The van der Waals surface area contributed by atoms with Gasteiger partial charge in [-0.25, -0.2) is 5.10 Å². The maximum Gasteiger partial charge on any atom is 0.274 e. The molecule has 6 heteroatoms. The quantitative estimate of drug-likeness (QED) is 0.933. The molecule has 0 aliphatic carbocycles. The molecular weight excluding hydrogens is 282 g/mol. The van der Waals surface area contributed by atoms with E-state index in [-0.39, 0.29) is 17.6 Å². The number of nitrogens with one attached hydrogen (secondary N) is 1. The molecule has 2 heterocycles. The number of rotatable bonds is 3. The third kappa shape index (κ3) is 2.74. The van der Waals surface area contributed by atoms with Gasteiger partial charge in [0.25, 0.3) is 11.5 Å². The number of hydrogen-bond acceptors (Lipinski definition) is 4. The summed E-state index contributed by atoms with van der Waals surface area (Å²) in [5.74, 6) is -0.137. The standard InChI is InChI=1S/C16H19N3O3/c1-2-22-11-7-9-19(10-8-11)16(21)14-12-5-3-4-6-13(12)15(20)18-17-14/h3-6,11H,2,7-10H2,1H3,(H,18,20). The van der Waals surface area contributed by atoms with E-state index in [1.807, 2.05) is 13.0 Å². The first kappa shape index (κ1) is 14.7. The maximum absolute atomic E-state index is 12.7. The van der Waals surface area contributed by atoms with Gasteiger partial charge >= 0.3 is 0 Å². The third-order valence-corrected chi connectivity index (χ3v) is 4.03. The van der Waals surface area contributed by atoms with Crippen molar-refractivity contribution in [2.75, 3.05) is 19.7 Å². The molecule has 2 aromatic rings. The minimum atomic E-state index is -0.276. The molecule has 1 fully saturated rings. The number of carbonyl (C=O) groups excluding carboxylic acids is 1. The predicted octanol–water partition coefficient (Wildman–Crippen LogP) is 1.56. The largest absolute Gasteiger partial charge is 0.378 e. The monoisotopic (exact) mass is 301 g/mol. The fraction of sp³-hybridized carbons (Fsp3) is 0.438. The van der Waals surface area contributed by atoms with Crippen molar-refractivity contribution in [3.05, 3.63) is 40.3 Å². The van der Waals surface area contributed by atoms with Crippen LogP contribution in [0.1, 0.15) is 30.3 Å². The SMILES string of the molecule is CCOC1CCN(C(=O)c2n[nH]c(=O)c3ccccc23)CC1. The van der Waals surface area contributed by atoms with Gasteiger partial charge in [-0.15, -0.1) is 0 Å². The van der Waals surface area contributed by atoms with E-state index in [1.54, 1.807) is 23.1 Å². The van der Waals surface area contributed by atoms with E-state index in [0.29, 0.717) is 36.2 Å². The van der Waals surface area contributed by atoms with Crippen LogP contribution in [0.5, 0.6) is 0 Å². The van der Waals surface area contributed by atoms with Crippen LogP contribution in [-0.4, -0.2) is 46.8 Å². The fourth-order valence-corrected chi connectivity index (χ4v) is 2.89. The van der Waals surface area contributed by atoms with Crippen LogP contribution in [-0.2, 0) is 4.74 Å². The fourth-order valence-electron chi connectivity index (χ4n) is 2.89. The van der Waals surface area contributed by atoms with Crippen LogP contribution in [0.3, 0.4) is 0 Å².